The SMILES string of the molecule is CC(C)(C)OC(=O)NC1CC(N2CCOC2=O)C1. The van der Waals surface area contributed by atoms with Gasteiger partial charge in [-0.15, -0.1) is 0 Å². The van der Waals surface area contributed by atoms with E-state index in [0.29, 0.717) is 13.2 Å². The first-order valence-corrected chi connectivity index (χ1v) is 6.28. The fraction of sp³-hybridized carbons (Fsp3) is 0.833. The van der Waals surface area contributed by atoms with Crippen molar-refractivity contribution in [1.29, 1.82) is 0 Å². The normalized spacial score (nSPS) is 27.5. The Morgan fingerprint density at radius 2 is 2.11 bits per heavy atom. The van der Waals surface area contributed by atoms with Crippen LogP contribution >= 0.6 is 0 Å². The second-order valence-corrected chi connectivity index (χ2v) is 5.78. The molecular formula is C12H20N2O4. The molecule has 102 valence electrons. The van der Waals surface area contributed by atoms with E-state index in [2.05, 4.69) is 5.32 Å². The molecule has 1 N–H and O–H groups in total. The van der Waals surface area contributed by atoms with E-state index in [0.717, 1.165) is 12.8 Å². The quantitative estimate of drug-likeness (QED) is 0.813. The number of nitrogens with zero attached hydrogens (tertiary/aromatic N) is 1. The monoisotopic (exact) mass is 256 g/mol. The fourth-order valence-corrected chi connectivity index (χ4v) is 2.17. The zero-order chi connectivity index (χ0) is 13.3. The van der Waals surface area contributed by atoms with Crippen molar-refractivity contribution >= 4 is 12.2 Å². The molecule has 1 saturated heterocycles. The van der Waals surface area contributed by atoms with Gasteiger partial charge in [-0.05, 0) is 33.6 Å². The van der Waals surface area contributed by atoms with E-state index in [1.54, 1.807) is 4.90 Å². The van der Waals surface area contributed by atoms with Crippen molar-refractivity contribution in [3.8, 4) is 0 Å². The highest BCUT2D eigenvalue weighted by molar-refractivity contribution is 5.70. The van der Waals surface area contributed by atoms with Crippen molar-refractivity contribution in [1.82, 2.24) is 10.2 Å². The summed E-state index contributed by atoms with van der Waals surface area (Å²) in [6, 6.07) is 0.290. The third-order valence-corrected chi connectivity index (χ3v) is 3.07. The molecule has 0 unspecified atom stereocenters. The van der Waals surface area contributed by atoms with Gasteiger partial charge in [0.25, 0.3) is 0 Å². The molecule has 0 radical (unpaired) electrons. The first-order valence-electron chi connectivity index (χ1n) is 6.28. The number of hydrogen-bond donors (Lipinski definition) is 1. The highest BCUT2D eigenvalue weighted by Gasteiger charge is 2.39. The predicted molar refractivity (Wildman–Crippen MR) is 64.2 cm³/mol. The van der Waals surface area contributed by atoms with Gasteiger partial charge < -0.3 is 19.7 Å². The molecular weight excluding hydrogens is 236 g/mol. The van der Waals surface area contributed by atoms with Crippen LogP contribution in [0.1, 0.15) is 33.6 Å². The molecule has 6 nitrogen and oxygen atoms in total. The molecule has 0 bridgehead atoms. The molecule has 2 rings (SSSR count). The summed E-state index contributed by atoms with van der Waals surface area (Å²) >= 11 is 0. The number of ether oxygens (including phenoxy) is 2. The van der Waals surface area contributed by atoms with Gasteiger partial charge in [0.2, 0.25) is 0 Å². The van der Waals surface area contributed by atoms with E-state index in [1.807, 2.05) is 20.8 Å². The van der Waals surface area contributed by atoms with Gasteiger partial charge in [-0.2, -0.15) is 0 Å². The maximum atomic E-state index is 11.5. The lowest BCUT2D eigenvalue weighted by Crippen LogP contribution is -2.54. The molecule has 2 fully saturated rings. The van der Waals surface area contributed by atoms with Crippen LogP contribution in [0, 0.1) is 0 Å². The molecule has 2 aliphatic rings. The lowest BCUT2D eigenvalue weighted by molar-refractivity contribution is 0.0430. The molecule has 2 amide bonds. The van der Waals surface area contributed by atoms with Crippen molar-refractivity contribution in [2.24, 2.45) is 0 Å². The van der Waals surface area contributed by atoms with Crippen molar-refractivity contribution in [2.75, 3.05) is 13.2 Å². The zero-order valence-electron chi connectivity index (χ0n) is 11.1. The summed E-state index contributed by atoms with van der Waals surface area (Å²) in [5, 5.41) is 2.80. The molecule has 1 aliphatic heterocycles. The number of cyclic esters (lactones) is 1. The number of alkyl carbamates (subject to hydrolysis) is 1. The minimum atomic E-state index is -0.480. The smallest absolute Gasteiger partial charge is 0.410 e. The van der Waals surface area contributed by atoms with Crippen molar-refractivity contribution < 1.29 is 19.1 Å². The van der Waals surface area contributed by atoms with E-state index < -0.39 is 11.7 Å². The Morgan fingerprint density at radius 3 is 2.61 bits per heavy atom. The Balaban J connectivity index is 1.70. The summed E-state index contributed by atoms with van der Waals surface area (Å²) in [5.41, 5.74) is -0.480. The topological polar surface area (TPSA) is 67.9 Å². The van der Waals surface area contributed by atoms with Gasteiger partial charge in [0.15, 0.2) is 0 Å². The van der Waals surface area contributed by atoms with Crippen LogP contribution in [-0.2, 0) is 9.47 Å². The standard InChI is InChI=1S/C12H20N2O4/c1-12(2,3)18-10(15)13-8-6-9(7-8)14-4-5-17-11(14)16/h8-9H,4-7H2,1-3H3,(H,13,15). The number of amides is 2. The van der Waals surface area contributed by atoms with Crippen LogP contribution in [0.3, 0.4) is 0 Å². The van der Waals surface area contributed by atoms with Crippen LogP contribution in [0.25, 0.3) is 0 Å². The number of carbonyl (C=O) groups is 2. The number of hydrogen-bond acceptors (Lipinski definition) is 4. The first kappa shape index (κ1) is 13.0. The van der Waals surface area contributed by atoms with Crippen LogP contribution in [-0.4, -0.2) is 47.9 Å². The molecule has 18 heavy (non-hydrogen) atoms. The summed E-state index contributed by atoms with van der Waals surface area (Å²) < 4.78 is 10.1. The number of nitrogens with one attached hydrogen (secondary N) is 1. The summed E-state index contributed by atoms with van der Waals surface area (Å²) in [6.07, 6.45) is 0.911. The van der Waals surface area contributed by atoms with Crippen molar-refractivity contribution in [3.63, 3.8) is 0 Å². The minimum absolute atomic E-state index is 0.0956. The number of rotatable bonds is 2. The Kier molecular flexibility index (Phi) is 3.36. The Hall–Kier alpha value is -1.46. The first-order chi connectivity index (χ1) is 8.35. The average molecular weight is 256 g/mol. The fourth-order valence-electron chi connectivity index (χ4n) is 2.17. The highest BCUT2D eigenvalue weighted by atomic mass is 16.6. The largest absolute Gasteiger partial charge is 0.448 e. The van der Waals surface area contributed by atoms with Gasteiger partial charge in [0.05, 0.1) is 6.54 Å². The highest BCUT2D eigenvalue weighted by Crippen LogP contribution is 2.28. The minimum Gasteiger partial charge on any atom is -0.448 e. The molecule has 0 spiro atoms. The van der Waals surface area contributed by atoms with E-state index in [4.69, 9.17) is 9.47 Å². The second-order valence-electron chi connectivity index (χ2n) is 5.78. The maximum absolute atomic E-state index is 11.5. The van der Waals surface area contributed by atoms with Crippen molar-refractivity contribution in [2.45, 2.75) is 51.3 Å². The lowest BCUT2D eigenvalue weighted by Gasteiger charge is -2.40. The van der Waals surface area contributed by atoms with Crippen LogP contribution in [0.5, 0.6) is 0 Å². The molecule has 0 aromatic carbocycles. The van der Waals surface area contributed by atoms with Gasteiger partial charge in [-0.3, -0.25) is 0 Å². The van der Waals surface area contributed by atoms with Crippen LogP contribution < -0.4 is 5.32 Å². The molecule has 6 heteroatoms. The third kappa shape index (κ3) is 3.05. The number of carbonyl (C=O) groups excluding carboxylic acids is 2. The molecule has 0 aromatic rings. The van der Waals surface area contributed by atoms with Crippen LogP contribution in [0.15, 0.2) is 0 Å². The van der Waals surface area contributed by atoms with Crippen LogP contribution in [0.4, 0.5) is 9.59 Å². The predicted octanol–water partition coefficient (Wildman–Crippen LogP) is 1.49. The second kappa shape index (κ2) is 4.66. The van der Waals surface area contributed by atoms with Gasteiger partial charge in [-0.25, -0.2) is 9.59 Å². The van der Waals surface area contributed by atoms with Gasteiger partial charge >= 0.3 is 12.2 Å². The summed E-state index contributed by atoms with van der Waals surface area (Å²) in [5.74, 6) is 0. The summed E-state index contributed by atoms with van der Waals surface area (Å²) in [6.45, 7) is 6.62. The maximum Gasteiger partial charge on any atom is 0.410 e. The van der Waals surface area contributed by atoms with Gasteiger partial charge in [-0.1, -0.05) is 0 Å². The van der Waals surface area contributed by atoms with E-state index in [1.165, 1.54) is 0 Å². The third-order valence-electron chi connectivity index (χ3n) is 3.07. The van der Waals surface area contributed by atoms with Gasteiger partial charge in [0, 0.05) is 12.1 Å². The molecule has 1 aliphatic carbocycles. The lowest BCUT2D eigenvalue weighted by atomic mass is 9.86. The molecule has 0 atom stereocenters. The van der Waals surface area contributed by atoms with Crippen LogP contribution in [0.2, 0.25) is 0 Å². The Morgan fingerprint density at radius 1 is 1.44 bits per heavy atom. The van der Waals surface area contributed by atoms with Gasteiger partial charge in [0.1, 0.15) is 12.2 Å². The van der Waals surface area contributed by atoms with E-state index in [-0.39, 0.29) is 18.2 Å². The molecule has 0 aromatic heterocycles. The molecule has 1 saturated carbocycles. The summed E-state index contributed by atoms with van der Waals surface area (Å²) in [4.78, 5) is 24.6. The molecule has 1 heterocycles. The Bertz CT molecular complexity index is 344. The van der Waals surface area contributed by atoms with E-state index in [9.17, 15) is 9.59 Å². The van der Waals surface area contributed by atoms with Crippen molar-refractivity contribution in [3.05, 3.63) is 0 Å². The average Bonchev–Trinajstić information content (AvgIpc) is 2.54. The summed E-state index contributed by atoms with van der Waals surface area (Å²) in [7, 11) is 0. The van der Waals surface area contributed by atoms with E-state index >= 15 is 0 Å². The zero-order valence-corrected chi connectivity index (χ0v) is 11.1. The Labute approximate surface area is 107 Å².